The lowest BCUT2D eigenvalue weighted by Gasteiger charge is -2.46. The van der Waals surface area contributed by atoms with Gasteiger partial charge in [0, 0.05) is 25.1 Å². The van der Waals surface area contributed by atoms with Gasteiger partial charge in [0.25, 0.3) is 0 Å². The molecule has 5 atom stereocenters. The molecule has 0 spiro atoms. The highest BCUT2D eigenvalue weighted by Crippen LogP contribution is 2.51. The highest BCUT2D eigenvalue weighted by Gasteiger charge is 2.66. The van der Waals surface area contributed by atoms with E-state index in [2.05, 4.69) is 34.9 Å². The summed E-state index contributed by atoms with van der Waals surface area (Å²) >= 11 is 0. The fraction of sp³-hybridized carbons (Fsp3) is 0.588. The van der Waals surface area contributed by atoms with Gasteiger partial charge in [0.05, 0.1) is 6.61 Å². The summed E-state index contributed by atoms with van der Waals surface area (Å²) in [7, 11) is 3.88. The average molecular weight is 612 g/mol. The number of aliphatic hydroxyl groups excluding tert-OH is 3. The average Bonchev–Trinajstić information content (AvgIpc) is 3.36. The molecule has 2 saturated heterocycles. The minimum absolute atomic E-state index is 0.0786. The minimum atomic E-state index is -1.54. The van der Waals surface area contributed by atoms with E-state index in [0.29, 0.717) is 37.8 Å². The Morgan fingerprint density at radius 1 is 1.05 bits per heavy atom. The minimum Gasteiger partial charge on any atom is -0.387 e. The monoisotopic (exact) mass is 611 g/mol. The molecule has 44 heavy (non-hydrogen) atoms. The van der Waals surface area contributed by atoms with E-state index in [1.54, 1.807) is 13.8 Å². The van der Waals surface area contributed by atoms with Crippen molar-refractivity contribution in [2.75, 3.05) is 33.8 Å². The fourth-order valence-corrected chi connectivity index (χ4v) is 5.94. The highest BCUT2D eigenvalue weighted by molar-refractivity contribution is 5.90. The highest BCUT2D eigenvalue weighted by atomic mass is 16.8. The Bertz CT molecular complexity index is 1310. The van der Waals surface area contributed by atoms with Crippen LogP contribution >= 0.6 is 0 Å². The first-order valence-corrected chi connectivity index (χ1v) is 15.5. The second kappa shape index (κ2) is 13.6. The van der Waals surface area contributed by atoms with Crippen LogP contribution in [0.1, 0.15) is 67.9 Å². The van der Waals surface area contributed by atoms with Gasteiger partial charge >= 0.3 is 0 Å². The Morgan fingerprint density at radius 2 is 1.73 bits per heavy atom. The lowest BCUT2D eigenvalue weighted by molar-refractivity contribution is -0.325. The fourth-order valence-electron chi connectivity index (χ4n) is 5.94. The molecule has 2 aromatic carbocycles. The normalized spacial score (nSPS) is 26.5. The summed E-state index contributed by atoms with van der Waals surface area (Å²) in [6.45, 7) is 8.64. The molecule has 0 aromatic heterocycles. The summed E-state index contributed by atoms with van der Waals surface area (Å²) in [6.07, 6.45) is -1.27. The zero-order chi connectivity index (χ0) is 32.3. The van der Waals surface area contributed by atoms with Crippen molar-refractivity contribution >= 4 is 11.8 Å². The molecule has 0 radical (unpaired) electrons. The summed E-state index contributed by atoms with van der Waals surface area (Å²) in [5.41, 5.74) is 2.87. The van der Waals surface area contributed by atoms with Crippen LogP contribution in [0.5, 0.6) is 0 Å². The van der Waals surface area contributed by atoms with E-state index in [4.69, 9.17) is 9.47 Å². The predicted octanol–water partition coefficient (Wildman–Crippen LogP) is 1.93. The van der Waals surface area contributed by atoms with Gasteiger partial charge in [-0.05, 0) is 88.9 Å². The molecule has 2 amide bonds. The third-order valence-electron chi connectivity index (χ3n) is 8.96. The van der Waals surface area contributed by atoms with E-state index in [0.717, 1.165) is 35.2 Å². The van der Waals surface area contributed by atoms with Crippen molar-refractivity contribution in [2.24, 2.45) is 0 Å². The summed E-state index contributed by atoms with van der Waals surface area (Å²) in [5.74, 6) is -1.90. The van der Waals surface area contributed by atoms with E-state index in [9.17, 15) is 24.9 Å². The summed E-state index contributed by atoms with van der Waals surface area (Å²) in [5, 5.41) is 37.9. The number of benzene rings is 2. The molecule has 0 saturated carbocycles. The third kappa shape index (κ3) is 7.17. The van der Waals surface area contributed by atoms with Crippen LogP contribution in [0.2, 0.25) is 0 Å². The van der Waals surface area contributed by atoms with Crippen LogP contribution in [0, 0.1) is 6.92 Å². The zero-order valence-corrected chi connectivity index (χ0v) is 26.9. The number of likely N-dealkylation sites (N-methyl/N-ethyl adjacent to an activating group) is 1. The Balaban J connectivity index is 1.33. The van der Waals surface area contributed by atoms with Crippen molar-refractivity contribution in [3.8, 4) is 0 Å². The van der Waals surface area contributed by atoms with Gasteiger partial charge in [0.15, 0.2) is 0 Å². The molecule has 2 fully saturated rings. The number of fused-ring (bicyclic) bond motifs is 2. The molecule has 2 aliphatic rings. The SMILES string of the molecule is CC[C@@]12CO[C@@](c3ccc(C)c(Cc4ccc(CCCC(=O)NC(C)(C)C(=O)NCCN(C)C)cc4)c3)(O1)[C@H](O)[C@@H](O)[C@@H]2O. The molecule has 2 bridgehead atoms. The standard InChI is InChI=1S/C34H49N3O7/c1-7-33-21-43-34(44-33,30(41)28(39)29(33)40)26-16-11-22(2)25(20-26)19-24-14-12-23(13-15-24)9-8-10-27(38)36-32(3,4)31(42)35-17-18-37(5)6/h11-16,20,28-30,39-41H,7-10,17-19,21H2,1-6H3,(H,35,42)(H,36,38)/t28-,29-,30+,33-,34-/m0/s1. The van der Waals surface area contributed by atoms with E-state index < -0.39 is 35.2 Å². The molecule has 10 nitrogen and oxygen atoms in total. The van der Waals surface area contributed by atoms with Crippen molar-refractivity contribution in [3.63, 3.8) is 0 Å². The van der Waals surface area contributed by atoms with Crippen LogP contribution in [0.3, 0.4) is 0 Å². The largest absolute Gasteiger partial charge is 0.387 e. The smallest absolute Gasteiger partial charge is 0.245 e. The van der Waals surface area contributed by atoms with Crippen molar-refractivity contribution in [1.29, 1.82) is 0 Å². The van der Waals surface area contributed by atoms with Gasteiger partial charge in [0.1, 0.15) is 29.5 Å². The van der Waals surface area contributed by atoms with Crippen molar-refractivity contribution in [3.05, 3.63) is 70.3 Å². The molecule has 5 N–H and O–H groups in total. The first-order valence-electron chi connectivity index (χ1n) is 15.5. The van der Waals surface area contributed by atoms with Crippen molar-refractivity contribution in [2.45, 2.75) is 95.0 Å². The molecule has 4 rings (SSSR count). The van der Waals surface area contributed by atoms with E-state index in [1.807, 2.05) is 51.0 Å². The molecule has 2 aromatic rings. The lowest BCUT2D eigenvalue weighted by atomic mass is 9.82. The number of amides is 2. The second-order valence-corrected chi connectivity index (χ2v) is 13.1. The van der Waals surface area contributed by atoms with Gasteiger partial charge in [-0.25, -0.2) is 0 Å². The number of nitrogens with one attached hydrogen (secondary N) is 2. The maximum absolute atomic E-state index is 12.5. The predicted molar refractivity (Wildman–Crippen MR) is 167 cm³/mol. The molecule has 2 aliphatic heterocycles. The Hall–Kier alpha value is -2.86. The number of rotatable bonds is 13. The lowest BCUT2D eigenvalue weighted by Crippen LogP contribution is -2.64. The van der Waals surface area contributed by atoms with E-state index in [1.165, 1.54) is 0 Å². The van der Waals surface area contributed by atoms with Gasteiger partial charge in [-0.1, -0.05) is 43.3 Å². The maximum atomic E-state index is 12.5. The van der Waals surface area contributed by atoms with E-state index in [-0.39, 0.29) is 18.4 Å². The van der Waals surface area contributed by atoms with Crippen LogP contribution in [0.15, 0.2) is 42.5 Å². The number of aliphatic hydroxyl groups is 3. The van der Waals surface area contributed by atoms with Gasteiger partial charge < -0.3 is 40.3 Å². The number of carbonyl (C=O) groups is 2. The van der Waals surface area contributed by atoms with Gasteiger partial charge in [-0.15, -0.1) is 0 Å². The van der Waals surface area contributed by atoms with Crippen LogP contribution < -0.4 is 10.6 Å². The van der Waals surface area contributed by atoms with E-state index >= 15 is 0 Å². The molecular formula is C34H49N3O7. The van der Waals surface area contributed by atoms with Crippen LogP contribution in [-0.2, 0) is 37.7 Å². The second-order valence-electron chi connectivity index (χ2n) is 13.1. The number of carbonyl (C=O) groups excluding carboxylic acids is 2. The molecule has 2 heterocycles. The van der Waals surface area contributed by atoms with Crippen molar-refractivity contribution < 1.29 is 34.4 Å². The molecule has 0 aliphatic carbocycles. The van der Waals surface area contributed by atoms with Gasteiger partial charge in [-0.3, -0.25) is 9.59 Å². The quantitative estimate of drug-likeness (QED) is 0.232. The topological polar surface area (TPSA) is 141 Å². The Kier molecular flexibility index (Phi) is 10.5. The van der Waals surface area contributed by atoms with Crippen LogP contribution in [0.25, 0.3) is 0 Å². The van der Waals surface area contributed by atoms with Crippen LogP contribution in [0.4, 0.5) is 0 Å². The molecule has 0 unspecified atom stereocenters. The number of hydrogen-bond donors (Lipinski definition) is 5. The number of nitrogens with zero attached hydrogens (tertiary/aromatic N) is 1. The van der Waals surface area contributed by atoms with Crippen LogP contribution in [-0.4, -0.2) is 95.3 Å². The van der Waals surface area contributed by atoms with Crippen molar-refractivity contribution in [1.82, 2.24) is 15.5 Å². The summed E-state index contributed by atoms with van der Waals surface area (Å²) in [4.78, 5) is 27.0. The Labute approximate surface area is 260 Å². The number of ether oxygens (including phenoxy) is 2. The first kappa shape index (κ1) is 34.0. The Morgan fingerprint density at radius 3 is 2.39 bits per heavy atom. The molecule has 10 heteroatoms. The molecular weight excluding hydrogens is 562 g/mol. The zero-order valence-electron chi connectivity index (χ0n) is 26.9. The van der Waals surface area contributed by atoms with Gasteiger partial charge in [-0.2, -0.15) is 0 Å². The van der Waals surface area contributed by atoms with Gasteiger partial charge in [0.2, 0.25) is 17.6 Å². The maximum Gasteiger partial charge on any atom is 0.245 e. The summed E-state index contributed by atoms with van der Waals surface area (Å²) in [6, 6.07) is 14.0. The molecule has 242 valence electrons. The number of aryl methyl sites for hydroxylation is 2. The number of hydrogen-bond acceptors (Lipinski definition) is 8. The third-order valence-corrected chi connectivity index (χ3v) is 8.96. The summed E-state index contributed by atoms with van der Waals surface area (Å²) < 4.78 is 12.3. The first-order chi connectivity index (χ1) is 20.7.